The molecule has 0 radical (unpaired) electrons. The molecule has 6 heteroatoms. The summed E-state index contributed by atoms with van der Waals surface area (Å²) in [7, 11) is 0. The highest BCUT2D eigenvalue weighted by Crippen LogP contribution is 2.33. The van der Waals surface area contributed by atoms with E-state index in [-0.39, 0.29) is 18.2 Å². The molecule has 2 heterocycles. The van der Waals surface area contributed by atoms with Gasteiger partial charge in [0, 0.05) is 32.5 Å². The van der Waals surface area contributed by atoms with Crippen molar-refractivity contribution in [2.45, 2.75) is 58.5 Å². The maximum Gasteiger partial charge on any atom is 0.317 e. The Bertz CT molecular complexity index is 367. The lowest BCUT2D eigenvalue weighted by molar-refractivity contribution is -0.189. The van der Waals surface area contributed by atoms with Crippen LogP contribution in [0, 0.1) is 5.92 Å². The lowest BCUT2D eigenvalue weighted by Gasteiger charge is -2.38. The molecular weight excluding hydrogens is 284 g/mol. The third-order valence-electron chi connectivity index (χ3n) is 4.00. The minimum atomic E-state index is -0.456. The molecule has 1 spiro atoms. The van der Waals surface area contributed by atoms with Gasteiger partial charge in [-0.1, -0.05) is 13.8 Å². The van der Waals surface area contributed by atoms with Crippen LogP contribution in [0.1, 0.15) is 40.5 Å². The van der Waals surface area contributed by atoms with Crippen molar-refractivity contribution in [3.05, 3.63) is 0 Å². The smallest absolute Gasteiger partial charge is 0.317 e. The van der Waals surface area contributed by atoms with E-state index in [9.17, 15) is 4.79 Å². The van der Waals surface area contributed by atoms with Crippen molar-refractivity contribution in [3.8, 4) is 0 Å². The molecule has 2 aliphatic rings. The van der Waals surface area contributed by atoms with E-state index < -0.39 is 5.79 Å². The Labute approximate surface area is 133 Å². The van der Waals surface area contributed by atoms with Crippen LogP contribution in [-0.4, -0.2) is 61.8 Å². The van der Waals surface area contributed by atoms with Crippen LogP contribution >= 0.6 is 0 Å². The Kier molecular flexibility index (Phi) is 6.06. The number of piperidine rings is 1. The molecule has 2 amide bonds. The Morgan fingerprint density at radius 2 is 2.00 bits per heavy atom. The van der Waals surface area contributed by atoms with Crippen molar-refractivity contribution >= 4 is 6.03 Å². The fourth-order valence-electron chi connectivity index (χ4n) is 2.84. The second kappa shape index (κ2) is 7.62. The van der Waals surface area contributed by atoms with Crippen molar-refractivity contribution in [1.29, 1.82) is 0 Å². The summed E-state index contributed by atoms with van der Waals surface area (Å²) in [5.41, 5.74) is 0. The molecule has 2 atom stereocenters. The zero-order valence-electron chi connectivity index (χ0n) is 14.3. The quantitative estimate of drug-likeness (QED) is 0.843. The van der Waals surface area contributed by atoms with Gasteiger partial charge in [-0.05, 0) is 19.8 Å². The van der Waals surface area contributed by atoms with E-state index in [1.54, 1.807) is 0 Å². The van der Waals surface area contributed by atoms with E-state index in [2.05, 4.69) is 19.2 Å². The minimum absolute atomic E-state index is 0.0149. The summed E-state index contributed by atoms with van der Waals surface area (Å²) < 4.78 is 17.2. The summed E-state index contributed by atoms with van der Waals surface area (Å²) in [6, 6.07) is -0.0114. The van der Waals surface area contributed by atoms with E-state index in [4.69, 9.17) is 14.2 Å². The monoisotopic (exact) mass is 314 g/mol. The number of hydrogen-bond acceptors (Lipinski definition) is 4. The first-order valence-corrected chi connectivity index (χ1v) is 8.35. The molecule has 0 aromatic carbocycles. The molecule has 0 aliphatic carbocycles. The molecule has 2 saturated heterocycles. The lowest BCUT2D eigenvalue weighted by Crippen LogP contribution is -2.52. The molecule has 2 rings (SSSR count). The lowest BCUT2D eigenvalue weighted by atomic mass is 10.0. The maximum atomic E-state index is 12.3. The van der Waals surface area contributed by atoms with Gasteiger partial charge in [0.2, 0.25) is 0 Å². The Balaban J connectivity index is 1.68. The summed E-state index contributed by atoms with van der Waals surface area (Å²) in [6.07, 6.45) is 1.63. The zero-order chi connectivity index (χ0) is 16.2. The van der Waals surface area contributed by atoms with Crippen LogP contribution < -0.4 is 5.32 Å². The molecule has 128 valence electrons. The average molecular weight is 314 g/mol. The highest BCUT2D eigenvalue weighted by atomic mass is 16.7. The molecule has 0 bridgehead atoms. The predicted molar refractivity (Wildman–Crippen MR) is 83.7 cm³/mol. The first-order valence-electron chi connectivity index (χ1n) is 8.35. The van der Waals surface area contributed by atoms with Gasteiger partial charge >= 0.3 is 6.03 Å². The van der Waals surface area contributed by atoms with Crippen molar-refractivity contribution in [3.63, 3.8) is 0 Å². The van der Waals surface area contributed by atoms with Gasteiger partial charge in [0.25, 0.3) is 0 Å². The van der Waals surface area contributed by atoms with Crippen molar-refractivity contribution in [1.82, 2.24) is 10.2 Å². The SMILES string of the molecule is CC(C)COC[C@@H](C)NC(=O)N1CCC2(CC1)OC[C@H](C)O2. The summed E-state index contributed by atoms with van der Waals surface area (Å²) in [4.78, 5) is 14.1. The number of nitrogens with zero attached hydrogens (tertiary/aromatic N) is 1. The first kappa shape index (κ1) is 17.5. The number of rotatable bonds is 5. The number of carbonyl (C=O) groups is 1. The van der Waals surface area contributed by atoms with Crippen LogP contribution in [0.5, 0.6) is 0 Å². The second-order valence-electron chi connectivity index (χ2n) is 6.92. The Morgan fingerprint density at radius 3 is 2.55 bits per heavy atom. The maximum absolute atomic E-state index is 12.3. The van der Waals surface area contributed by atoms with Gasteiger partial charge in [0.15, 0.2) is 5.79 Å². The number of likely N-dealkylation sites (tertiary alicyclic amines) is 1. The van der Waals surface area contributed by atoms with E-state index in [0.29, 0.717) is 32.2 Å². The molecule has 2 aliphatic heterocycles. The largest absolute Gasteiger partial charge is 0.379 e. The highest BCUT2D eigenvalue weighted by molar-refractivity contribution is 5.74. The molecule has 22 heavy (non-hydrogen) atoms. The molecule has 0 unspecified atom stereocenters. The summed E-state index contributed by atoms with van der Waals surface area (Å²) >= 11 is 0. The van der Waals surface area contributed by atoms with Gasteiger partial charge < -0.3 is 24.4 Å². The van der Waals surface area contributed by atoms with Gasteiger partial charge in [-0.25, -0.2) is 4.79 Å². The molecule has 0 aromatic heterocycles. The molecular formula is C16H30N2O4. The third-order valence-corrected chi connectivity index (χ3v) is 4.00. The third kappa shape index (κ3) is 4.83. The first-order chi connectivity index (χ1) is 10.4. The average Bonchev–Trinajstić information content (AvgIpc) is 2.80. The van der Waals surface area contributed by atoms with E-state index in [1.807, 2.05) is 18.7 Å². The molecule has 1 N–H and O–H groups in total. The van der Waals surface area contributed by atoms with E-state index >= 15 is 0 Å². The van der Waals surface area contributed by atoms with Crippen LogP contribution in [0.4, 0.5) is 4.79 Å². The summed E-state index contributed by atoms with van der Waals surface area (Å²) in [6.45, 7) is 11.5. The molecule has 6 nitrogen and oxygen atoms in total. The van der Waals surface area contributed by atoms with Gasteiger partial charge in [-0.3, -0.25) is 0 Å². The molecule has 0 saturated carbocycles. The number of urea groups is 1. The molecule has 2 fully saturated rings. The van der Waals surface area contributed by atoms with Crippen LogP contribution in [0.25, 0.3) is 0 Å². The normalized spacial score (nSPS) is 25.7. The number of carbonyl (C=O) groups excluding carboxylic acids is 1. The van der Waals surface area contributed by atoms with Gasteiger partial charge in [-0.15, -0.1) is 0 Å². The van der Waals surface area contributed by atoms with Crippen LogP contribution in [0.2, 0.25) is 0 Å². The number of amides is 2. The summed E-state index contributed by atoms with van der Waals surface area (Å²) in [5.74, 6) is 0.0531. The topological polar surface area (TPSA) is 60.0 Å². The fraction of sp³-hybridized carbons (Fsp3) is 0.938. The van der Waals surface area contributed by atoms with Crippen molar-refractivity contribution < 1.29 is 19.0 Å². The highest BCUT2D eigenvalue weighted by Gasteiger charge is 2.43. The van der Waals surface area contributed by atoms with Crippen molar-refractivity contribution in [2.75, 3.05) is 32.9 Å². The van der Waals surface area contributed by atoms with Crippen molar-refractivity contribution in [2.24, 2.45) is 5.92 Å². The van der Waals surface area contributed by atoms with Crippen LogP contribution in [0.3, 0.4) is 0 Å². The van der Waals surface area contributed by atoms with Gasteiger partial charge in [-0.2, -0.15) is 0 Å². The second-order valence-corrected chi connectivity index (χ2v) is 6.92. The predicted octanol–water partition coefficient (Wildman–Crippen LogP) is 1.98. The van der Waals surface area contributed by atoms with Crippen LogP contribution in [0.15, 0.2) is 0 Å². The Hall–Kier alpha value is -0.850. The number of hydrogen-bond donors (Lipinski definition) is 1. The summed E-state index contributed by atoms with van der Waals surface area (Å²) in [5, 5.41) is 2.99. The van der Waals surface area contributed by atoms with E-state index in [0.717, 1.165) is 19.4 Å². The zero-order valence-corrected chi connectivity index (χ0v) is 14.3. The van der Waals surface area contributed by atoms with Gasteiger partial charge in [0.05, 0.1) is 25.4 Å². The standard InChI is InChI=1S/C16H30N2O4/c1-12(2)9-20-10-13(3)17-15(19)18-7-5-16(6-8-18)21-11-14(4)22-16/h12-14H,5-11H2,1-4H3,(H,17,19)/t13-,14+/m1/s1. The van der Waals surface area contributed by atoms with Crippen LogP contribution in [-0.2, 0) is 14.2 Å². The fourth-order valence-corrected chi connectivity index (χ4v) is 2.84. The minimum Gasteiger partial charge on any atom is -0.379 e. The van der Waals surface area contributed by atoms with Gasteiger partial charge in [0.1, 0.15) is 0 Å². The number of nitrogens with one attached hydrogen (secondary N) is 1. The van der Waals surface area contributed by atoms with E-state index in [1.165, 1.54) is 0 Å². The Morgan fingerprint density at radius 1 is 1.32 bits per heavy atom. The molecule has 0 aromatic rings. The number of ether oxygens (including phenoxy) is 3.